The highest BCUT2D eigenvalue weighted by molar-refractivity contribution is 7.98. The van der Waals surface area contributed by atoms with Gasteiger partial charge < -0.3 is 9.64 Å². The lowest BCUT2D eigenvalue weighted by Crippen LogP contribution is -2.34. The number of aromatic nitrogens is 1. The molecule has 156 valence electrons. The van der Waals surface area contributed by atoms with Gasteiger partial charge in [0.05, 0.1) is 22.3 Å². The minimum atomic E-state index is -0.465. The molecule has 8 heteroatoms. The smallest absolute Gasteiger partial charge is 0.339 e. The molecule has 1 amide bonds. The third-order valence-corrected chi connectivity index (χ3v) is 7.82. The van der Waals surface area contributed by atoms with E-state index in [1.54, 1.807) is 40.5 Å². The van der Waals surface area contributed by atoms with E-state index < -0.39 is 5.97 Å². The summed E-state index contributed by atoms with van der Waals surface area (Å²) in [6, 6.07) is 11.5. The highest BCUT2D eigenvalue weighted by Crippen LogP contribution is 2.34. The summed E-state index contributed by atoms with van der Waals surface area (Å²) in [5.41, 5.74) is 1.48. The number of carbonyl (C=O) groups excluding carboxylic acids is 2. The standard InChI is InChI=1S/C22H22N2O3S3/c1-15-23-16(13-29-15)14-30-19-8-3-2-6-17(19)22(26)27-12-21(25)24-10-4-7-18(24)20-9-5-11-28-20/h2-3,5-6,8-9,11,13,18H,4,7,10,12,14H2,1H3. The average Bonchev–Trinajstić information content (AvgIpc) is 3.51. The van der Waals surface area contributed by atoms with Crippen molar-refractivity contribution in [3.8, 4) is 0 Å². The van der Waals surface area contributed by atoms with E-state index in [1.165, 1.54) is 4.88 Å². The van der Waals surface area contributed by atoms with Crippen molar-refractivity contribution in [2.45, 2.75) is 36.5 Å². The molecule has 1 unspecified atom stereocenters. The highest BCUT2D eigenvalue weighted by Gasteiger charge is 2.31. The molecule has 0 saturated carbocycles. The largest absolute Gasteiger partial charge is 0.452 e. The molecule has 5 nitrogen and oxygen atoms in total. The first kappa shape index (κ1) is 21.1. The number of benzene rings is 1. The van der Waals surface area contributed by atoms with Gasteiger partial charge in [0.25, 0.3) is 5.91 Å². The van der Waals surface area contributed by atoms with E-state index in [9.17, 15) is 9.59 Å². The first-order valence-electron chi connectivity index (χ1n) is 9.74. The maximum Gasteiger partial charge on any atom is 0.339 e. The molecule has 0 spiro atoms. The number of likely N-dealkylation sites (tertiary alicyclic amines) is 1. The van der Waals surface area contributed by atoms with Crippen LogP contribution in [0.25, 0.3) is 0 Å². The number of esters is 1. The Balaban J connectivity index is 1.36. The van der Waals surface area contributed by atoms with Crippen molar-refractivity contribution in [2.24, 2.45) is 0 Å². The van der Waals surface area contributed by atoms with Crippen LogP contribution in [0.2, 0.25) is 0 Å². The summed E-state index contributed by atoms with van der Waals surface area (Å²) in [4.78, 5) is 33.7. The molecule has 3 aromatic rings. The molecule has 1 aromatic carbocycles. The molecule has 1 aliphatic heterocycles. The van der Waals surface area contributed by atoms with Crippen molar-refractivity contribution in [2.75, 3.05) is 13.2 Å². The van der Waals surface area contributed by atoms with Gasteiger partial charge in [-0.1, -0.05) is 18.2 Å². The van der Waals surface area contributed by atoms with E-state index in [1.807, 2.05) is 46.8 Å². The summed E-state index contributed by atoms with van der Waals surface area (Å²) in [7, 11) is 0. The van der Waals surface area contributed by atoms with E-state index in [0.29, 0.717) is 17.9 Å². The van der Waals surface area contributed by atoms with Gasteiger partial charge in [-0.2, -0.15) is 0 Å². The molecule has 1 fully saturated rings. The number of nitrogens with zero attached hydrogens (tertiary/aromatic N) is 2. The molecule has 0 N–H and O–H groups in total. The van der Waals surface area contributed by atoms with Gasteiger partial charge in [-0.25, -0.2) is 9.78 Å². The quantitative estimate of drug-likeness (QED) is 0.354. The Morgan fingerprint density at radius 1 is 1.23 bits per heavy atom. The predicted octanol–water partition coefficient (Wildman–Crippen LogP) is 5.33. The van der Waals surface area contributed by atoms with Gasteiger partial charge in [0, 0.05) is 27.5 Å². The lowest BCUT2D eigenvalue weighted by Gasteiger charge is -2.23. The Bertz CT molecular complexity index is 1020. The molecule has 1 atom stereocenters. The number of thiazole rings is 1. The minimum Gasteiger partial charge on any atom is -0.452 e. The van der Waals surface area contributed by atoms with Crippen molar-refractivity contribution in [1.29, 1.82) is 0 Å². The van der Waals surface area contributed by atoms with E-state index in [4.69, 9.17) is 4.74 Å². The lowest BCUT2D eigenvalue weighted by atomic mass is 10.2. The molecule has 1 aliphatic rings. The zero-order valence-corrected chi connectivity index (χ0v) is 19.0. The van der Waals surface area contributed by atoms with Crippen LogP contribution in [0.15, 0.2) is 52.1 Å². The number of thiophene rings is 1. The second kappa shape index (κ2) is 9.76. The van der Waals surface area contributed by atoms with Gasteiger partial charge in [0.1, 0.15) is 0 Å². The molecule has 0 radical (unpaired) electrons. The van der Waals surface area contributed by atoms with Gasteiger partial charge in [-0.3, -0.25) is 4.79 Å². The van der Waals surface area contributed by atoms with Gasteiger partial charge in [-0.05, 0) is 43.3 Å². The number of amides is 1. The van der Waals surface area contributed by atoms with Crippen molar-refractivity contribution < 1.29 is 14.3 Å². The molecule has 0 aliphatic carbocycles. The number of rotatable bonds is 7. The SMILES string of the molecule is Cc1nc(CSc2ccccc2C(=O)OCC(=O)N2CCCC2c2cccs2)cs1. The minimum absolute atomic E-state index is 0.0978. The summed E-state index contributed by atoms with van der Waals surface area (Å²) in [5, 5.41) is 5.08. The number of hydrogen-bond acceptors (Lipinski definition) is 7. The zero-order chi connectivity index (χ0) is 20.9. The number of aryl methyl sites for hydroxylation is 1. The first-order chi connectivity index (χ1) is 14.6. The Hall–Kier alpha value is -2.16. The van der Waals surface area contributed by atoms with Crippen molar-refractivity contribution in [1.82, 2.24) is 9.88 Å². The maximum atomic E-state index is 12.7. The average molecular weight is 459 g/mol. The highest BCUT2D eigenvalue weighted by atomic mass is 32.2. The maximum absolute atomic E-state index is 12.7. The predicted molar refractivity (Wildman–Crippen MR) is 121 cm³/mol. The zero-order valence-electron chi connectivity index (χ0n) is 16.6. The molecule has 3 heterocycles. The fraction of sp³-hybridized carbons (Fsp3) is 0.318. The first-order valence-corrected chi connectivity index (χ1v) is 12.5. The number of ether oxygens (including phenoxy) is 1. The Labute approximate surface area is 188 Å². The summed E-state index contributed by atoms with van der Waals surface area (Å²) in [6.07, 6.45) is 1.92. The Morgan fingerprint density at radius 2 is 2.10 bits per heavy atom. The van der Waals surface area contributed by atoms with Crippen LogP contribution in [0, 0.1) is 6.92 Å². The van der Waals surface area contributed by atoms with Crippen molar-refractivity contribution >= 4 is 46.3 Å². The molecule has 30 heavy (non-hydrogen) atoms. The fourth-order valence-corrected chi connectivity index (χ4v) is 6.04. The van der Waals surface area contributed by atoms with Gasteiger partial charge >= 0.3 is 5.97 Å². The van der Waals surface area contributed by atoms with Gasteiger partial charge in [-0.15, -0.1) is 34.4 Å². The molecular formula is C22H22N2O3S3. The van der Waals surface area contributed by atoms with Gasteiger partial charge in [0.15, 0.2) is 6.61 Å². The van der Waals surface area contributed by atoms with Crippen LogP contribution in [-0.2, 0) is 15.3 Å². The van der Waals surface area contributed by atoms with Crippen LogP contribution in [0.3, 0.4) is 0 Å². The third-order valence-electron chi connectivity index (χ3n) is 4.92. The van der Waals surface area contributed by atoms with E-state index in [-0.39, 0.29) is 18.6 Å². The summed E-state index contributed by atoms with van der Waals surface area (Å²) in [5.74, 6) is 0.0826. The molecular weight excluding hydrogens is 436 g/mol. The second-order valence-electron chi connectivity index (χ2n) is 6.98. The van der Waals surface area contributed by atoms with E-state index in [2.05, 4.69) is 11.1 Å². The summed E-state index contributed by atoms with van der Waals surface area (Å²) >= 11 is 4.83. The lowest BCUT2D eigenvalue weighted by molar-refractivity contribution is -0.135. The summed E-state index contributed by atoms with van der Waals surface area (Å²) < 4.78 is 5.41. The van der Waals surface area contributed by atoms with E-state index >= 15 is 0 Å². The van der Waals surface area contributed by atoms with Crippen LogP contribution in [0.5, 0.6) is 0 Å². The number of carbonyl (C=O) groups is 2. The van der Waals surface area contributed by atoms with Crippen molar-refractivity contribution in [3.63, 3.8) is 0 Å². The fourth-order valence-electron chi connectivity index (χ4n) is 3.52. The number of thioether (sulfide) groups is 1. The molecule has 1 saturated heterocycles. The molecule has 4 rings (SSSR count). The van der Waals surface area contributed by atoms with Crippen LogP contribution in [0.4, 0.5) is 0 Å². The topological polar surface area (TPSA) is 59.5 Å². The van der Waals surface area contributed by atoms with Crippen LogP contribution >= 0.6 is 34.4 Å². The van der Waals surface area contributed by atoms with Crippen LogP contribution in [0.1, 0.15) is 44.8 Å². The second-order valence-corrected chi connectivity index (χ2v) is 10.0. The van der Waals surface area contributed by atoms with E-state index in [0.717, 1.165) is 28.4 Å². The van der Waals surface area contributed by atoms with Crippen molar-refractivity contribution in [3.05, 3.63) is 68.3 Å². The number of hydrogen-bond donors (Lipinski definition) is 0. The van der Waals surface area contributed by atoms with Gasteiger partial charge in [0.2, 0.25) is 0 Å². The normalized spacial score (nSPS) is 16.0. The van der Waals surface area contributed by atoms with Crippen LogP contribution < -0.4 is 0 Å². The monoisotopic (exact) mass is 458 g/mol. The molecule has 0 bridgehead atoms. The third kappa shape index (κ3) is 4.94. The Kier molecular flexibility index (Phi) is 6.86. The van der Waals surface area contributed by atoms with Crippen LogP contribution in [-0.4, -0.2) is 34.9 Å². The summed E-state index contributed by atoms with van der Waals surface area (Å²) in [6.45, 7) is 2.45. The Morgan fingerprint density at radius 3 is 2.87 bits per heavy atom. The molecule has 2 aromatic heterocycles.